The lowest BCUT2D eigenvalue weighted by Crippen LogP contribution is -2.43. The molecule has 1 fully saturated rings. The van der Waals surface area contributed by atoms with E-state index in [1.807, 2.05) is 0 Å². The summed E-state index contributed by atoms with van der Waals surface area (Å²) in [5.41, 5.74) is 0.884. The highest BCUT2D eigenvalue weighted by atomic mass is 79.9. The first-order chi connectivity index (χ1) is 9.79. The monoisotopic (exact) mass is 360 g/mol. The van der Waals surface area contributed by atoms with Gasteiger partial charge in [-0.25, -0.2) is 14.0 Å². The number of carbonyl (C=O) groups excluding carboxylic acids is 1. The number of carboxylic acid groups (broad SMARTS) is 1. The van der Waals surface area contributed by atoms with Crippen LogP contribution < -0.4 is 5.32 Å². The van der Waals surface area contributed by atoms with Crippen molar-refractivity contribution in [2.24, 2.45) is 0 Å². The first-order valence-corrected chi connectivity index (χ1v) is 7.03. The maximum absolute atomic E-state index is 13.5. The summed E-state index contributed by atoms with van der Waals surface area (Å²) in [6.07, 6.45) is -0.893. The van der Waals surface area contributed by atoms with Crippen molar-refractivity contribution in [3.05, 3.63) is 28.0 Å². The van der Waals surface area contributed by atoms with E-state index < -0.39 is 30.0 Å². The van der Waals surface area contributed by atoms with Crippen LogP contribution in [0.25, 0.3) is 0 Å². The Morgan fingerprint density at radius 2 is 2.14 bits per heavy atom. The molecule has 6 nitrogen and oxygen atoms in total. The first kappa shape index (κ1) is 15.7. The number of likely N-dealkylation sites (tertiary alicyclic amines) is 1. The van der Waals surface area contributed by atoms with E-state index >= 15 is 0 Å². The SMILES string of the molecule is Cc1cc(Br)c(F)cc1NC(=O)N1CC(O)C[C@H]1C(=O)O. The molecule has 8 heteroatoms. The second-order valence-corrected chi connectivity index (χ2v) is 5.76. The molecular weight excluding hydrogens is 347 g/mol. The fourth-order valence-corrected chi connectivity index (χ4v) is 2.70. The second-order valence-electron chi connectivity index (χ2n) is 4.91. The van der Waals surface area contributed by atoms with Crippen molar-refractivity contribution in [1.29, 1.82) is 0 Å². The molecule has 1 aromatic rings. The van der Waals surface area contributed by atoms with Crippen molar-refractivity contribution in [2.45, 2.75) is 25.5 Å². The number of nitrogens with one attached hydrogen (secondary N) is 1. The molecule has 2 atom stereocenters. The molecule has 1 unspecified atom stereocenters. The number of rotatable bonds is 2. The minimum atomic E-state index is -1.18. The standard InChI is InChI=1S/C13H14BrFN2O4/c1-6-2-8(14)9(15)4-10(6)16-13(21)17-5-7(18)3-11(17)12(19)20/h2,4,7,11,18H,3,5H2,1H3,(H,16,21)(H,19,20)/t7?,11-/m0/s1. The summed E-state index contributed by atoms with van der Waals surface area (Å²) in [6.45, 7) is 1.62. The van der Waals surface area contributed by atoms with Gasteiger partial charge in [-0.2, -0.15) is 0 Å². The number of carbonyl (C=O) groups is 2. The molecule has 114 valence electrons. The Morgan fingerprint density at radius 1 is 1.48 bits per heavy atom. The number of hydrogen-bond donors (Lipinski definition) is 3. The molecule has 0 saturated carbocycles. The second kappa shape index (κ2) is 5.98. The predicted molar refractivity (Wildman–Crippen MR) is 76.6 cm³/mol. The Morgan fingerprint density at radius 3 is 2.76 bits per heavy atom. The van der Waals surface area contributed by atoms with Gasteiger partial charge >= 0.3 is 12.0 Å². The summed E-state index contributed by atoms with van der Waals surface area (Å²) >= 11 is 3.04. The van der Waals surface area contributed by atoms with Crippen LogP contribution in [0.3, 0.4) is 0 Å². The molecule has 1 heterocycles. The van der Waals surface area contributed by atoms with Crippen molar-refractivity contribution in [2.75, 3.05) is 11.9 Å². The highest BCUT2D eigenvalue weighted by Crippen LogP contribution is 2.25. The van der Waals surface area contributed by atoms with E-state index in [1.165, 1.54) is 6.07 Å². The summed E-state index contributed by atoms with van der Waals surface area (Å²) in [5.74, 6) is -1.72. The molecular formula is C13H14BrFN2O4. The van der Waals surface area contributed by atoms with E-state index in [9.17, 15) is 19.1 Å². The number of aliphatic hydroxyl groups excluding tert-OH is 1. The van der Waals surface area contributed by atoms with Crippen LogP contribution in [0.1, 0.15) is 12.0 Å². The zero-order valence-electron chi connectivity index (χ0n) is 11.1. The van der Waals surface area contributed by atoms with Crippen LogP contribution in [0.5, 0.6) is 0 Å². The number of carboxylic acids is 1. The van der Waals surface area contributed by atoms with Crippen molar-refractivity contribution in [3.63, 3.8) is 0 Å². The molecule has 0 aromatic heterocycles. The summed E-state index contributed by atoms with van der Waals surface area (Å²) in [5, 5.41) is 21.0. The Hall–Kier alpha value is -1.67. The molecule has 1 aliphatic heterocycles. The highest BCUT2D eigenvalue weighted by molar-refractivity contribution is 9.10. The van der Waals surface area contributed by atoms with E-state index in [2.05, 4.69) is 21.2 Å². The van der Waals surface area contributed by atoms with Gasteiger partial charge in [0.05, 0.1) is 10.6 Å². The Balaban J connectivity index is 2.18. The van der Waals surface area contributed by atoms with Crippen LogP contribution >= 0.6 is 15.9 Å². The number of halogens is 2. The number of amides is 2. The number of aliphatic hydroxyl groups is 1. The van der Waals surface area contributed by atoms with Crippen LogP contribution in [0, 0.1) is 12.7 Å². The number of hydrogen-bond acceptors (Lipinski definition) is 3. The van der Waals surface area contributed by atoms with Crippen molar-refractivity contribution >= 4 is 33.6 Å². The number of aliphatic carboxylic acids is 1. The average molecular weight is 361 g/mol. The fraction of sp³-hybridized carbons (Fsp3) is 0.385. The third-order valence-electron chi connectivity index (χ3n) is 3.33. The largest absolute Gasteiger partial charge is 0.480 e. The third-order valence-corrected chi connectivity index (χ3v) is 3.94. The van der Waals surface area contributed by atoms with E-state index in [-0.39, 0.29) is 23.1 Å². The maximum Gasteiger partial charge on any atom is 0.326 e. The van der Waals surface area contributed by atoms with Crippen LogP contribution in [0.4, 0.5) is 14.9 Å². The molecule has 21 heavy (non-hydrogen) atoms. The molecule has 2 rings (SSSR count). The molecule has 1 saturated heterocycles. The summed E-state index contributed by atoms with van der Waals surface area (Å²) in [7, 11) is 0. The smallest absolute Gasteiger partial charge is 0.326 e. The van der Waals surface area contributed by atoms with Crippen molar-refractivity contribution < 1.29 is 24.2 Å². The van der Waals surface area contributed by atoms with Crippen molar-refractivity contribution in [3.8, 4) is 0 Å². The Labute approximate surface area is 128 Å². The first-order valence-electron chi connectivity index (χ1n) is 6.23. The molecule has 0 bridgehead atoms. The molecule has 3 N–H and O–H groups in total. The van der Waals surface area contributed by atoms with E-state index in [0.717, 1.165) is 11.0 Å². The van der Waals surface area contributed by atoms with Gasteiger partial charge in [0.1, 0.15) is 11.9 Å². The number of benzene rings is 1. The van der Waals surface area contributed by atoms with Gasteiger partial charge in [-0.1, -0.05) is 0 Å². The molecule has 1 aliphatic rings. The normalized spacial score (nSPS) is 21.4. The Bertz CT molecular complexity index is 596. The van der Waals surface area contributed by atoms with Gasteiger partial charge in [0.15, 0.2) is 0 Å². The predicted octanol–water partition coefficient (Wildman–Crippen LogP) is 1.95. The minimum absolute atomic E-state index is 0.0174. The van der Waals surface area contributed by atoms with Gasteiger partial charge in [-0.3, -0.25) is 0 Å². The van der Waals surface area contributed by atoms with E-state index in [4.69, 9.17) is 5.11 Å². The van der Waals surface area contributed by atoms with Gasteiger partial charge < -0.3 is 20.4 Å². The number of β-amino-alcohol motifs (C(OH)–C–C–N with tert-alkyl or cyclic N) is 1. The zero-order chi connectivity index (χ0) is 15.7. The van der Waals surface area contributed by atoms with Gasteiger partial charge in [-0.05, 0) is 40.5 Å². The highest BCUT2D eigenvalue weighted by Gasteiger charge is 2.39. The lowest BCUT2D eigenvalue weighted by Gasteiger charge is -2.22. The van der Waals surface area contributed by atoms with Gasteiger partial charge in [-0.15, -0.1) is 0 Å². The van der Waals surface area contributed by atoms with Gasteiger partial charge in [0.2, 0.25) is 0 Å². The summed E-state index contributed by atoms with van der Waals surface area (Å²) in [4.78, 5) is 24.2. The third kappa shape index (κ3) is 3.33. The number of nitrogens with zero attached hydrogens (tertiary/aromatic N) is 1. The maximum atomic E-state index is 13.5. The lowest BCUT2D eigenvalue weighted by atomic mass is 10.2. The number of urea groups is 1. The zero-order valence-corrected chi connectivity index (χ0v) is 12.7. The summed E-state index contributed by atoms with van der Waals surface area (Å²) in [6, 6.07) is 0.905. The molecule has 1 aromatic carbocycles. The van der Waals surface area contributed by atoms with Gasteiger partial charge in [0, 0.05) is 18.7 Å². The van der Waals surface area contributed by atoms with Gasteiger partial charge in [0.25, 0.3) is 0 Å². The Kier molecular flexibility index (Phi) is 4.48. The minimum Gasteiger partial charge on any atom is -0.480 e. The summed E-state index contributed by atoms with van der Waals surface area (Å²) < 4.78 is 13.8. The quantitative estimate of drug-likeness (QED) is 0.751. The van der Waals surface area contributed by atoms with E-state index in [1.54, 1.807) is 6.92 Å². The van der Waals surface area contributed by atoms with E-state index in [0.29, 0.717) is 5.56 Å². The fourth-order valence-electron chi connectivity index (χ4n) is 2.24. The average Bonchev–Trinajstić information content (AvgIpc) is 2.78. The van der Waals surface area contributed by atoms with Crippen LogP contribution in [0.2, 0.25) is 0 Å². The molecule has 2 amide bonds. The topological polar surface area (TPSA) is 89.9 Å². The van der Waals surface area contributed by atoms with Crippen LogP contribution in [-0.2, 0) is 4.79 Å². The van der Waals surface area contributed by atoms with Crippen molar-refractivity contribution in [1.82, 2.24) is 4.90 Å². The number of aryl methyl sites for hydroxylation is 1. The number of anilines is 1. The molecule has 0 radical (unpaired) electrons. The lowest BCUT2D eigenvalue weighted by molar-refractivity contribution is -0.141. The van der Waals surface area contributed by atoms with Crippen LogP contribution in [0.15, 0.2) is 16.6 Å². The molecule has 0 aliphatic carbocycles. The van der Waals surface area contributed by atoms with Crippen LogP contribution in [-0.4, -0.2) is 45.8 Å². The molecule has 0 spiro atoms.